The molecule has 2 heterocycles. The number of hydrogen-bond acceptors (Lipinski definition) is 6. The van der Waals surface area contributed by atoms with E-state index in [2.05, 4.69) is 15.6 Å². The molecule has 9 heteroatoms. The highest BCUT2D eigenvalue weighted by Crippen LogP contribution is 2.20. The number of methoxy groups -OCH3 is 1. The lowest BCUT2D eigenvalue weighted by Gasteiger charge is -2.12. The predicted octanol–water partition coefficient (Wildman–Crippen LogP) is 2.50. The fourth-order valence-corrected chi connectivity index (χ4v) is 2.84. The summed E-state index contributed by atoms with van der Waals surface area (Å²) in [5, 5.41) is 5.49. The van der Waals surface area contributed by atoms with Gasteiger partial charge < -0.3 is 25.8 Å². The average Bonchev–Trinajstić information content (AvgIpc) is 3.21. The molecule has 1 aliphatic heterocycles. The first-order valence-electron chi connectivity index (χ1n) is 10.1. The lowest BCUT2D eigenvalue weighted by molar-refractivity contribution is -0.126. The molecule has 1 aromatic heterocycles. The van der Waals surface area contributed by atoms with Gasteiger partial charge in [-0.1, -0.05) is 6.07 Å². The zero-order chi connectivity index (χ0) is 22.6. The van der Waals surface area contributed by atoms with E-state index in [0.717, 1.165) is 6.42 Å². The Balaban J connectivity index is 0.000000316. The van der Waals surface area contributed by atoms with Crippen LogP contribution in [0.5, 0.6) is 5.75 Å². The molecule has 1 aromatic carbocycles. The van der Waals surface area contributed by atoms with Crippen LogP contribution < -0.4 is 21.1 Å². The number of benzene rings is 1. The first-order chi connectivity index (χ1) is 14.9. The van der Waals surface area contributed by atoms with E-state index in [0.29, 0.717) is 37.4 Å². The van der Waals surface area contributed by atoms with E-state index in [1.807, 2.05) is 6.92 Å². The standard InChI is InChI=1S/C15H22N4O3.C7H7FO/c1-10-3-4-13(22-10)15(21)19-11-5-8-17-12(9-11)14(20)18-7-2-6-16;1-9-7-4-2-3-6(8)5-7/h5,8-10,13H,2-4,6-7,16H2,1H3,(H,18,20)(H,17,19,21);2-5H,1H3. The second kappa shape index (κ2) is 12.6. The molecule has 1 saturated heterocycles. The molecular formula is C22H29FN4O4. The lowest BCUT2D eigenvalue weighted by atomic mass is 10.2. The Morgan fingerprint density at radius 1 is 1.29 bits per heavy atom. The molecule has 3 rings (SSSR count). The summed E-state index contributed by atoms with van der Waals surface area (Å²) in [6, 6.07) is 9.21. The van der Waals surface area contributed by atoms with Crippen LogP contribution >= 0.6 is 0 Å². The lowest BCUT2D eigenvalue weighted by Crippen LogP contribution is -2.29. The molecule has 2 unspecified atom stereocenters. The number of aromatic nitrogens is 1. The van der Waals surface area contributed by atoms with Gasteiger partial charge in [0.2, 0.25) is 0 Å². The highest BCUT2D eigenvalue weighted by molar-refractivity contribution is 5.97. The Labute approximate surface area is 181 Å². The van der Waals surface area contributed by atoms with E-state index in [-0.39, 0.29) is 29.4 Å². The second-order valence-electron chi connectivity index (χ2n) is 6.99. The number of ether oxygens (including phenoxy) is 2. The van der Waals surface area contributed by atoms with Crippen LogP contribution in [0.25, 0.3) is 0 Å². The molecule has 0 spiro atoms. The van der Waals surface area contributed by atoms with Crippen LogP contribution in [0.3, 0.4) is 0 Å². The number of carbonyl (C=O) groups excluding carboxylic acids is 2. The minimum atomic E-state index is -0.426. The number of carbonyl (C=O) groups is 2. The number of anilines is 1. The van der Waals surface area contributed by atoms with Crippen molar-refractivity contribution in [2.75, 3.05) is 25.5 Å². The fourth-order valence-electron chi connectivity index (χ4n) is 2.84. The van der Waals surface area contributed by atoms with Gasteiger partial charge in [-0.25, -0.2) is 4.39 Å². The van der Waals surface area contributed by atoms with Gasteiger partial charge in [-0.2, -0.15) is 0 Å². The van der Waals surface area contributed by atoms with Gasteiger partial charge in [-0.05, 0) is 57.0 Å². The quantitative estimate of drug-likeness (QED) is 0.579. The van der Waals surface area contributed by atoms with Crippen molar-refractivity contribution >= 4 is 17.5 Å². The van der Waals surface area contributed by atoms with Crippen molar-refractivity contribution in [1.29, 1.82) is 0 Å². The molecule has 0 saturated carbocycles. The van der Waals surface area contributed by atoms with Crippen molar-refractivity contribution in [3.8, 4) is 5.75 Å². The maximum atomic E-state index is 12.3. The van der Waals surface area contributed by atoms with Gasteiger partial charge in [0, 0.05) is 24.5 Å². The highest BCUT2D eigenvalue weighted by atomic mass is 19.1. The summed E-state index contributed by atoms with van der Waals surface area (Å²) in [4.78, 5) is 28.0. The highest BCUT2D eigenvalue weighted by Gasteiger charge is 2.28. The molecular weight excluding hydrogens is 403 g/mol. The summed E-state index contributed by atoms with van der Waals surface area (Å²) in [6.07, 6.45) is 3.47. The van der Waals surface area contributed by atoms with E-state index in [1.54, 1.807) is 24.3 Å². The Morgan fingerprint density at radius 2 is 2.10 bits per heavy atom. The molecule has 1 aliphatic rings. The van der Waals surface area contributed by atoms with Crippen molar-refractivity contribution < 1.29 is 23.5 Å². The minimum Gasteiger partial charge on any atom is -0.497 e. The summed E-state index contributed by atoms with van der Waals surface area (Å²) in [7, 11) is 1.51. The molecule has 2 aromatic rings. The van der Waals surface area contributed by atoms with Gasteiger partial charge in [0.15, 0.2) is 0 Å². The van der Waals surface area contributed by atoms with E-state index < -0.39 is 6.10 Å². The van der Waals surface area contributed by atoms with Gasteiger partial charge in [-0.15, -0.1) is 0 Å². The van der Waals surface area contributed by atoms with Crippen molar-refractivity contribution in [1.82, 2.24) is 10.3 Å². The van der Waals surface area contributed by atoms with Gasteiger partial charge in [0.1, 0.15) is 23.4 Å². The van der Waals surface area contributed by atoms with Crippen LogP contribution in [0.15, 0.2) is 42.6 Å². The summed E-state index contributed by atoms with van der Waals surface area (Å²) in [6.45, 7) is 2.97. The zero-order valence-corrected chi connectivity index (χ0v) is 17.8. The van der Waals surface area contributed by atoms with Crippen molar-refractivity contribution in [2.45, 2.75) is 38.4 Å². The molecule has 0 aliphatic carbocycles. The number of halogens is 1. The monoisotopic (exact) mass is 432 g/mol. The molecule has 8 nitrogen and oxygen atoms in total. The van der Waals surface area contributed by atoms with Crippen LogP contribution in [0.4, 0.5) is 10.1 Å². The number of nitrogens with one attached hydrogen (secondary N) is 2. The Kier molecular flexibility index (Phi) is 9.86. The van der Waals surface area contributed by atoms with Crippen molar-refractivity contribution in [2.24, 2.45) is 5.73 Å². The number of nitrogens with two attached hydrogens (primary N) is 1. The molecule has 0 bridgehead atoms. The predicted molar refractivity (Wildman–Crippen MR) is 115 cm³/mol. The van der Waals surface area contributed by atoms with Crippen LogP contribution in [0.1, 0.15) is 36.7 Å². The third-order valence-corrected chi connectivity index (χ3v) is 4.48. The number of pyridine rings is 1. The maximum Gasteiger partial charge on any atom is 0.269 e. The number of hydrogen-bond donors (Lipinski definition) is 3. The number of nitrogens with zero attached hydrogens (tertiary/aromatic N) is 1. The molecule has 168 valence electrons. The molecule has 2 atom stereocenters. The molecule has 0 radical (unpaired) electrons. The third-order valence-electron chi connectivity index (χ3n) is 4.48. The van der Waals surface area contributed by atoms with Crippen LogP contribution in [0.2, 0.25) is 0 Å². The summed E-state index contributed by atoms with van der Waals surface area (Å²) in [5.41, 5.74) is 6.17. The first-order valence-corrected chi connectivity index (χ1v) is 10.1. The summed E-state index contributed by atoms with van der Waals surface area (Å²) < 4.78 is 22.5. The fraction of sp³-hybridized carbons (Fsp3) is 0.409. The smallest absolute Gasteiger partial charge is 0.269 e. The average molecular weight is 432 g/mol. The van der Waals surface area contributed by atoms with E-state index in [1.165, 1.54) is 25.4 Å². The van der Waals surface area contributed by atoms with E-state index >= 15 is 0 Å². The van der Waals surface area contributed by atoms with Gasteiger partial charge >= 0.3 is 0 Å². The third kappa shape index (κ3) is 8.31. The SMILES string of the molecule is CC1CCC(C(=O)Nc2ccnc(C(=O)NCCCN)c2)O1.COc1cccc(F)c1. The Bertz CT molecular complexity index is 865. The van der Waals surface area contributed by atoms with Gasteiger partial charge in [0.05, 0.1) is 13.2 Å². The molecule has 1 fully saturated rings. The van der Waals surface area contributed by atoms with Crippen molar-refractivity contribution in [3.63, 3.8) is 0 Å². The summed E-state index contributed by atoms with van der Waals surface area (Å²) in [5.74, 6) is -0.190. The molecule has 2 amide bonds. The topological polar surface area (TPSA) is 116 Å². The first kappa shape index (κ1) is 24.2. The van der Waals surface area contributed by atoms with E-state index in [9.17, 15) is 14.0 Å². The number of amides is 2. The van der Waals surface area contributed by atoms with E-state index in [4.69, 9.17) is 15.2 Å². The van der Waals surface area contributed by atoms with Crippen LogP contribution in [0, 0.1) is 5.82 Å². The molecule has 31 heavy (non-hydrogen) atoms. The van der Waals surface area contributed by atoms with Crippen LogP contribution in [-0.2, 0) is 9.53 Å². The summed E-state index contributed by atoms with van der Waals surface area (Å²) >= 11 is 0. The Hall–Kier alpha value is -3.04. The normalized spacial score (nSPS) is 17.3. The zero-order valence-electron chi connectivity index (χ0n) is 17.8. The van der Waals surface area contributed by atoms with Gasteiger partial charge in [0.25, 0.3) is 11.8 Å². The van der Waals surface area contributed by atoms with Crippen molar-refractivity contribution in [3.05, 3.63) is 54.1 Å². The molecule has 4 N–H and O–H groups in total. The second-order valence-corrected chi connectivity index (χ2v) is 6.99. The largest absolute Gasteiger partial charge is 0.497 e. The minimum absolute atomic E-state index is 0.108. The number of rotatable bonds is 7. The van der Waals surface area contributed by atoms with Gasteiger partial charge in [-0.3, -0.25) is 14.6 Å². The maximum absolute atomic E-state index is 12.3. The van der Waals surface area contributed by atoms with Crippen LogP contribution in [-0.4, -0.2) is 49.2 Å². The Morgan fingerprint density at radius 3 is 2.71 bits per heavy atom.